The second-order valence-electron chi connectivity index (χ2n) is 3.55. The summed E-state index contributed by atoms with van der Waals surface area (Å²) in [4.78, 5) is 14.8. The van der Waals surface area contributed by atoms with Gasteiger partial charge in [-0.1, -0.05) is 0 Å². The van der Waals surface area contributed by atoms with E-state index >= 15 is 0 Å². The molecule has 1 saturated heterocycles. The molecule has 1 aliphatic heterocycles. The number of hydrogen-bond donors (Lipinski definition) is 2. The Balaban J connectivity index is 2.09. The topological polar surface area (TPSA) is 62.2 Å². The Morgan fingerprint density at radius 1 is 1.56 bits per heavy atom. The summed E-state index contributed by atoms with van der Waals surface area (Å²) in [6.45, 7) is 0. The van der Waals surface area contributed by atoms with Gasteiger partial charge < -0.3 is 5.11 Å². The van der Waals surface area contributed by atoms with Crippen LogP contribution in [0.3, 0.4) is 0 Å². The average Bonchev–Trinajstić information content (AvgIpc) is 2.30. The van der Waals surface area contributed by atoms with Crippen molar-refractivity contribution in [3.63, 3.8) is 0 Å². The molecular weight excluding hydrogens is 231 g/mol. The van der Waals surface area contributed by atoms with Gasteiger partial charge in [0.15, 0.2) is 0 Å². The summed E-state index contributed by atoms with van der Waals surface area (Å²) in [7, 11) is 0. The first-order valence-electron chi connectivity index (χ1n) is 4.85. The predicted molar refractivity (Wildman–Crippen MR) is 58.8 cm³/mol. The van der Waals surface area contributed by atoms with Crippen molar-refractivity contribution in [2.45, 2.75) is 12.1 Å². The molecule has 1 aromatic heterocycles. The Morgan fingerprint density at radius 3 is 3.00 bits per heavy atom. The maximum atomic E-state index is 12.7. The number of nitrogens with zero attached hydrogens (tertiary/aromatic N) is 1. The second kappa shape index (κ2) is 4.80. The first-order valence-corrected chi connectivity index (χ1v) is 6.00. The molecule has 0 saturated carbocycles. The fourth-order valence-electron chi connectivity index (χ4n) is 1.55. The number of pyridine rings is 1. The molecule has 0 aromatic carbocycles. The lowest BCUT2D eigenvalue weighted by molar-refractivity contribution is -0.139. The third kappa shape index (κ3) is 2.51. The van der Waals surface area contributed by atoms with Gasteiger partial charge in [0.1, 0.15) is 11.9 Å². The SMILES string of the molecule is O=C(O)C1CSCC(c2ccc(F)cn2)N1. The van der Waals surface area contributed by atoms with Crippen LogP contribution >= 0.6 is 11.8 Å². The fraction of sp³-hybridized carbons (Fsp3) is 0.400. The van der Waals surface area contributed by atoms with Crippen LogP contribution in [0.4, 0.5) is 4.39 Å². The van der Waals surface area contributed by atoms with Gasteiger partial charge in [0.2, 0.25) is 0 Å². The molecule has 0 spiro atoms. The van der Waals surface area contributed by atoms with Crippen LogP contribution in [-0.2, 0) is 4.79 Å². The molecule has 16 heavy (non-hydrogen) atoms. The molecule has 0 aliphatic carbocycles. The number of aromatic nitrogens is 1. The van der Waals surface area contributed by atoms with E-state index in [1.165, 1.54) is 6.07 Å². The highest BCUT2D eigenvalue weighted by atomic mass is 32.2. The minimum absolute atomic E-state index is 0.125. The number of aliphatic carboxylic acids is 1. The molecule has 2 N–H and O–H groups in total. The molecule has 0 bridgehead atoms. The maximum absolute atomic E-state index is 12.7. The molecule has 4 nitrogen and oxygen atoms in total. The summed E-state index contributed by atoms with van der Waals surface area (Å²) in [6, 6.07) is 2.23. The lowest BCUT2D eigenvalue weighted by Gasteiger charge is -2.27. The molecule has 2 heterocycles. The van der Waals surface area contributed by atoms with Crippen LogP contribution in [0.5, 0.6) is 0 Å². The van der Waals surface area contributed by atoms with Crippen molar-refractivity contribution in [3.8, 4) is 0 Å². The number of carbonyl (C=O) groups is 1. The highest BCUT2D eigenvalue weighted by Gasteiger charge is 2.27. The molecule has 1 fully saturated rings. The van der Waals surface area contributed by atoms with Crippen LogP contribution in [0, 0.1) is 5.82 Å². The van der Waals surface area contributed by atoms with Crippen LogP contribution in [-0.4, -0.2) is 33.6 Å². The molecule has 1 aliphatic rings. The molecule has 2 unspecified atom stereocenters. The van der Waals surface area contributed by atoms with Gasteiger partial charge in [-0.05, 0) is 12.1 Å². The van der Waals surface area contributed by atoms with Gasteiger partial charge in [-0.15, -0.1) is 0 Å². The van der Waals surface area contributed by atoms with E-state index < -0.39 is 12.0 Å². The smallest absolute Gasteiger partial charge is 0.321 e. The Morgan fingerprint density at radius 2 is 2.38 bits per heavy atom. The maximum Gasteiger partial charge on any atom is 0.321 e. The van der Waals surface area contributed by atoms with Gasteiger partial charge in [0, 0.05) is 11.5 Å². The van der Waals surface area contributed by atoms with Gasteiger partial charge in [-0.3, -0.25) is 15.1 Å². The van der Waals surface area contributed by atoms with Crippen molar-refractivity contribution in [2.24, 2.45) is 0 Å². The van der Waals surface area contributed by atoms with Crippen molar-refractivity contribution in [3.05, 3.63) is 29.8 Å². The Hall–Kier alpha value is -1.14. The van der Waals surface area contributed by atoms with E-state index in [4.69, 9.17) is 5.11 Å². The summed E-state index contributed by atoms with van der Waals surface area (Å²) in [6.07, 6.45) is 1.14. The highest BCUT2D eigenvalue weighted by Crippen LogP contribution is 2.23. The number of carboxylic acid groups (broad SMARTS) is 1. The standard InChI is InChI=1S/C10H11FN2O2S/c11-6-1-2-7(12-3-6)8-4-16-5-9(13-8)10(14)15/h1-3,8-9,13H,4-5H2,(H,14,15). The lowest BCUT2D eigenvalue weighted by Crippen LogP contribution is -2.45. The molecule has 6 heteroatoms. The Bertz CT molecular complexity index is 385. The molecule has 2 atom stereocenters. The number of nitrogens with one attached hydrogen (secondary N) is 1. The molecule has 0 amide bonds. The minimum atomic E-state index is -0.862. The number of carboxylic acids is 1. The normalized spacial score (nSPS) is 25.3. The number of thioether (sulfide) groups is 1. The van der Waals surface area contributed by atoms with Crippen molar-refractivity contribution in [1.82, 2.24) is 10.3 Å². The average molecular weight is 242 g/mol. The summed E-state index contributed by atoms with van der Waals surface area (Å²) >= 11 is 1.56. The third-order valence-electron chi connectivity index (χ3n) is 2.38. The molecule has 86 valence electrons. The zero-order chi connectivity index (χ0) is 11.5. The van der Waals surface area contributed by atoms with E-state index in [-0.39, 0.29) is 11.9 Å². The molecule has 1 aromatic rings. The monoisotopic (exact) mass is 242 g/mol. The van der Waals surface area contributed by atoms with Gasteiger partial charge in [-0.2, -0.15) is 11.8 Å². The fourth-order valence-corrected chi connectivity index (χ4v) is 2.66. The predicted octanol–water partition coefficient (Wildman–Crippen LogP) is 1.05. The second-order valence-corrected chi connectivity index (χ2v) is 4.62. The van der Waals surface area contributed by atoms with Crippen molar-refractivity contribution in [1.29, 1.82) is 0 Å². The molecular formula is C10H11FN2O2S. The zero-order valence-electron chi connectivity index (χ0n) is 8.39. The number of hydrogen-bond acceptors (Lipinski definition) is 4. The van der Waals surface area contributed by atoms with Crippen molar-refractivity contribution < 1.29 is 14.3 Å². The summed E-state index contributed by atoms with van der Waals surface area (Å²) in [5, 5.41) is 11.9. The van der Waals surface area contributed by atoms with Gasteiger partial charge in [0.05, 0.1) is 17.9 Å². The summed E-state index contributed by atoms with van der Waals surface area (Å²) < 4.78 is 12.7. The van der Waals surface area contributed by atoms with Crippen LogP contribution < -0.4 is 5.32 Å². The first-order chi connectivity index (χ1) is 7.66. The van der Waals surface area contributed by atoms with E-state index in [9.17, 15) is 9.18 Å². The highest BCUT2D eigenvalue weighted by molar-refractivity contribution is 7.99. The summed E-state index contributed by atoms with van der Waals surface area (Å²) in [5.74, 6) is 0.0522. The molecule has 0 radical (unpaired) electrons. The van der Waals surface area contributed by atoms with Crippen LogP contribution in [0.15, 0.2) is 18.3 Å². The van der Waals surface area contributed by atoms with Gasteiger partial charge in [-0.25, -0.2) is 4.39 Å². The van der Waals surface area contributed by atoms with Gasteiger partial charge in [0.25, 0.3) is 0 Å². The largest absolute Gasteiger partial charge is 0.480 e. The van der Waals surface area contributed by atoms with Crippen LogP contribution in [0.1, 0.15) is 11.7 Å². The molecule has 2 rings (SSSR count). The minimum Gasteiger partial charge on any atom is -0.480 e. The van der Waals surface area contributed by atoms with Crippen LogP contribution in [0.25, 0.3) is 0 Å². The lowest BCUT2D eigenvalue weighted by atomic mass is 10.2. The number of rotatable bonds is 2. The van der Waals surface area contributed by atoms with E-state index in [2.05, 4.69) is 10.3 Å². The zero-order valence-corrected chi connectivity index (χ0v) is 9.21. The van der Waals surface area contributed by atoms with Crippen LogP contribution in [0.2, 0.25) is 0 Å². The van der Waals surface area contributed by atoms with Crippen molar-refractivity contribution >= 4 is 17.7 Å². The Labute approximate surface area is 96.3 Å². The van der Waals surface area contributed by atoms with E-state index in [1.54, 1.807) is 17.8 Å². The quantitative estimate of drug-likeness (QED) is 0.811. The van der Waals surface area contributed by atoms with E-state index in [1.807, 2.05) is 0 Å². The van der Waals surface area contributed by atoms with E-state index in [0.717, 1.165) is 11.9 Å². The van der Waals surface area contributed by atoms with E-state index in [0.29, 0.717) is 11.4 Å². The number of halogens is 1. The van der Waals surface area contributed by atoms with Crippen molar-refractivity contribution in [2.75, 3.05) is 11.5 Å². The first kappa shape index (κ1) is 11.3. The third-order valence-corrected chi connectivity index (χ3v) is 3.51. The summed E-state index contributed by atoms with van der Waals surface area (Å²) in [5.41, 5.74) is 0.680. The Kier molecular flexibility index (Phi) is 3.40. The van der Waals surface area contributed by atoms with Gasteiger partial charge >= 0.3 is 5.97 Å².